The molecule has 0 amide bonds. The number of piperazine rings is 1. The molecule has 0 aromatic rings. The highest BCUT2D eigenvalue weighted by atomic mass is 19.4. The van der Waals surface area contributed by atoms with Crippen molar-refractivity contribution in [1.82, 2.24) is 10.2 Å². The molecule has 1 N–H and O–H groups in total. The highest BCUT2D eigenvalue weighted by Crippen LogP contribution is 2.23. The molecule has 0 radical (unpaired) electrons. The van der Waals surface area contributed by atoms with Crippen LogP contribution >= 0.6 is 0 Å². The fourth-order valence-corrected chi connectivity index (χ4v) is 1.99. The molecule has 2 atom stereocenters. The lowest BCUT2D eigenvalue weighted by Crippen LogP contribution is -2.62. The lowest BCUT2D eigenvalue weighted by atomic mass is 9.94. The summed E-state index contributed by atoms with van der Waals surface area (Å²) in [7, 11) is 0. The van der Waals surface area contributed by atoms with E-state index in [0.717, 1.165) is 13.0 Å². The van der Waals surface area contributed by atoms with Crippen molar-refractivity contribution in [2.24, 2.45) is 0 Å². The predicted octanol–water partition coefficient (Wildman–Crippen LogP) is 2.40. The molecule has 1 saturated heterocycles. The maximum Gasteiger partial charge on any atom is 0.390 e. The van der Waals surface area contributed by atoms with Gasteiger partial charge in [-0.15, -0.1) is 0 Å². The average Bonchev–Trinajstić information content (AvgIpc) is 2.19. The van der Waals surface area contributed by atoms with Crippen molar-refractivity contribution in [3.8, 4) is 0 Å². The number of alkyl halides is 3. The number of hydrogen-bond acceptors (Lipinski definition) is 2. The van der Waals surface area contributed by atoms with E-state index in [2.05, 4.69) is 19.2 Å². The molecule has 1 aliphatic heterocycles. The number of nitrogens with one attached hydrogen (secondary N) is 1. The van der Waals surface area contributed by atoms with Crippen molar-refractivity contribution < 1.29 is 13.2 Å². The summed E-state index contributed by atoms with van der Waals surface area (Å²) in [5.41, 5.74) is -0.0435. The first-order chi connectivity index (χ1) is 7.26. The molecule has 96 valence electrons. The van der Waals surface area contributed by atoms with Crippen LogP contribution in [0.4, 0.5) is 13.2 Å². The van der Waals surface area contributed by atoms with Gasteiger partial charge in [-0.1, -0.05) is 6.92 Å². The van der Waals surface area contributed by atoms with Gasteiger partial charge >= 0.3 is 6.18 Å². The third kappa shape index (κ3) is 3.94. The quantitative estimate of drug-likeness (QED) is 0.812. The van der Waals surface area contributed by atoms with Gasteiger partial charge in [0, 0.05) is 31.2 Å². The molecule has 5 heteroatoms. The van der Waals surface area contributed by atoms with E-state index in [4.69, 9.17) is 0 Å². The smallest absolute Gasteiger partial charge is 0.309 e. The van der Waals surface area contributed by atoms with Gasteiger partial charge in [-0.2, -0.15) is 13.2 Å². The average molecular weight is 238 g/mol. The van der Waals surface area contributed by atoms with Gasteiger partial charge in [0.15, 0.2) is 0 Å². The van der Waals surface area contributed by atoms with Crippen LogP contribution in [0.15, 0.2) is 0 Å². The number of nitrogens with zero attached hydrogens (tertiary/aromatic N) is 1. The largest absolute Gasteiger partial charge is 0.390 e. The first-order valence-electron chi connectivity index (χ1n) is 5.81. The maximum absolute atomic E-state index is 12.2. The zero-order chi connectivity index (χ0) is 12.4. The van der Waals surface area contributed by atoms with Crippen LogP contribution in [0.5, 0.6) is 0 Å². The van der Waals surface area contributed by atoms with Crippen molar-refractivity contribution in [2.75, 3.05) is 19.6 Å². The van der Waals surface area contributed by atoms with E-state index in [0.29, 0.717) is 6.54 Å². The third-order valence-corrected chi connectivity index (χ3v) is 3.46. The van der Waals surface area contributed by atoms with Gasteiger partial charge in [-0.05, 0) is 20.3 Å². The minimum atomic E-state index is -4.05. The van der Waals surface area contributed by atoms with E-state index in [1.807, 2.05) is 11.8 Å². The second-order valence-electron chi connectivity index (χ2n) is 4.98. The lowest BCUT2D eigenvalue weighted by molar-refractivity contribution is -0.140. The molecule has 2 nitrogen and oxygen atoms in total. The fourth-order valence-electron chi connectivity index (χ4n) is 1.99. The summed E-state index contributed by atoms with van der Waals surface area (Å²) in [4.78, 5) is 1.94. The van der Waals surface area contributed by atoms with Crippen molar-refractivity contribution in [3.05, 3.63) is 0 Å². The van der Waals surface area contributed by atoms with E-state index >= 15 is 0 Å². The van der Waals surface area contributed by atoms with Crippen LogP contribution in [0.25, 0.3) is 0 Å². The van der Waals surface area contributed by atoms with Gasteiger partial charge in [0.25, 0.3) is 0 Å². The normalized spacial score (nSPS) is 33.0. The zero-order valence-corrected chi connectivity index (χ0v) is 10.2. The minimum absolute atomic E-state index is 0.0435. The summed E-state index contributed by atoms with van der Waals surface area (Å²) >= 11 is 0. The number of rotatable bonds is 3. The Morgan fingerprint density at radius 1 is 1.44 bits per heavy atom. The van der Waals surface area contributed by atoms with Crippen LogP contribution in [-0.2, 0) is 0 Å². The van der Waals surface area contributed by atoms with E-state index in [9.17, 15) is 13.2 Å². The highest BCUT2D eigenvalue weighted by Gasteiger charge is 2.35. The summed E-state index contributed by atoms with van der Waals surface area (Å²) in [5.74, 6) is 0. The Hall–Kier alpha value is -0.290. The zero-order valence-electron chi connectivity index (χ0n) is 10.2. The summed E-state index contributed by atoms with van der Waals surface area (Å²) in [6.45, 7) is 7.67. The first-order valence-corrected chi connectivity index (χ1v) is 5.81. The van der Waals surface area contributed by atoms with E-state index in [1.165, 1.54) is 0 Å². The molecule has 0 aromatic carbocycles. The summed E-state index contributed by atoms with van der Waals surface area (Å²) in [6.07, 6.45) is -3.83. The van der Waals surface area contributed by atoms with Gasteiger partial charge in [-0.25, -0.2) is 0 Å². The second kappa shape index (κ2) is 4.92. The highest BCUT2D eigenvalue weighted by molar-refractivity contribution is 4.93. The molecule has 0 spiro atoms. The monoisotopic (exact) mass is 238 g/mol. The molecule has 1 heterocycles. The Morgan fingerprint density at radius 3 is 2.56 bits per heavy atom. The van der Waals surface area contributed by atoms with Gasteiger partial charge in [0.05, 0.1) is 6.42 Å². The van der Waals surface area contributed by atoms with E-state index in [1.54, 1.807) is 0 Å². The molecule has 1 aliphatic rings. The topological polar surface area (TPSA) is 15.3 Å². The van der Waals surface area contributed by atoms with Gasteiger partial charge < -0.3 is 5.32 Å². The van der Waals surface area contributed by atoms with Crippen LogP contribution in [0.1, 0.15) is 33.6 Å². The SMILES string of the molecule is CCC1(C)CN(CCC(F)(F)F)C(C)CN1. The van der Waals surface area contributed by atoms with E-state index < -0.39 is 12.6 Å². The Kier molecular flexibility index (Phi) is 4.23. The molecule has 1 rings (SSSR count). The van der Waals surface area contributed by atoms with Crippen molar-refractivity contribution in [2.45, 2.75) is 51.4 Å². The number of halogens is 3. The van der Waals surface area contributed by atoms with Crippen LogP contribution in [-0.4, -0.2) is 42.3 Å². The molecule has 2 unspecified atom stereocenters. The maximum atomic E-state index is 12.2. The lowest BCUT2D eigenvalue weighted by Gasteiger charge is -2.45. The third-order valence-electron chi connectivity index (χ3n) is 3.46. The minimum Gasteiger partial charge on any atom is -0.309 e. The molecular weight excluding hydrogens is 217 g/mol. The summed E-state index contributed by atoms with van der Waals surface area (Å²) < 4.78 is 36.5. The Morgan fingerprint density at radius 2 is 2.06 bits per heavy atom. The Bertz CT molecular complexity index is 230. The fraction of sp³-hybridized carbons (Fsp3) is 1.00. The van der Waals surface area contributed by atoms with Gasteiger partial charge in [0.1, 0.15) is 0 Å². The molecule has 1 fully saturated rings. The Labute approximate surface area is 95.2 Å². The standard InChI is InChI=1S/C11H21F3N2/c1-4-10(3)8-16(9(2)7-15-10)6-5-11(12,13)14/h9,15H,4-8H2,1-3H3. The molecule has 0 aliphatic carbocycles. The predicted molar refractivity (Wildman–Crippen MR) is 58.4 cm³/mol. The van der Waals surface area contributed by atoms with Crippen molar-refractivity contribution >= 4 is 0 Å². The molecule has 0 aromatic heterocycles. The van der Waals surface area contributed by atoms with Crippen LogP contribution in [0.3, 0.4) is 0 Å². The number of hydrogen-bond donors (Lipinski definition) is 1. The van der Waals surface area contributed by atoms with Crippen LogP contribution < -0.4 is 5.32 Å². The van der Waals surface area contributed by atoms with E-state index in [-0.39, 0.29) is 18.1 Å². The van der Waals surface area contributed by atoms with Gasteiger partial charge in [-0.3, -0.25) is 4.90 Å². The summed E-state index contributed by atoms with van der Waals surface area (Å²) in [6, 6.07) is 0.182. The first kappa shape index (κ1) is 13.8. The van der Waals surface area contributed by atoms with Crippen molar-refractivity contribution in [3.63, 3.8) is 0 Å². The molecular formula is C11H21F3N2. The van der Waals surface area contributed by atoms with Crippen LogP contribution in [0.2, 0.25) is 0 Å². The Balaban J connectivity index is 2.50. The molecule has 16 heavy (non-hydrogen) atoms. The van der Waals surface area contributed by atoms with Crippen molar-refractivity contribution in [1.29, 1.82) is 0 Å². The molecule has 0 bridgehead atoms. The van der Waals surface area contributed by atoms with Gasteiger partial charge in [0.2, 0.25) is 0 Å². The van der Waals surface area contributed by atoms with Crippen LogP contribution in [0, 0.1) is 0 Å². The second-order valence-corrected chi connectivity index (χ2v) is 4.98. The summed E-state index contributed by atoms with van der Waals surface area (Å²) in [5, 5.41) is 3.40. The molecule has 0 saturated carbocycles.